The average molecular weight is 1020 g/mol. The van der Waals surface area contributed by atoms with Gasteiger partial charge in [0.25, 0.3) is 0 Å². The average Bonchev–Trinajstić information content (AvgIpc) is 3.35. The molecular formula is C56H66ClN5O9Si. The van der Waals surface area contributed by atoms with Gasteiger partial charge in [-0.2, -0.15) is 0 Å². The molecule has 1 aromatic heterocycles. The zero-order chi connectivity index (χ0) is 51.4. The molecule has 1 fully saturated rings. The molecule has 0 aliphatic heterocycles. The molecule has 16 heteroatoms. The Labute approximate surface area is 427 Å². The highest BCUT2D eigenvalue weighted by Crippen LogP contribution is 2.41. The van der Waals surface area contributed by atoms with Gasteiger partial charge in [0.05, 0.1) is 35.1 Å². The van der Waals surface area contributed by atoms with E-state index in [0.717, 1.165) is 33.4 Å². The maximum absolute atomic E-state index is 13.4. The number of fused-ring (bicyclic) bond motifs is 1. The van der Waals surface area contributed by atoms with Crippen LogP contribution >= 0.6 is 11.6 Å². The van der Waals surface area contributed by atoms with E-state index in [1.54, 1.807) is 31.4 Å². The number of phenols is 1. The van der Waals surface area contributed by atoms with Gasteiger partial charge in [-0.15, -0.1) is 0 Å². The Kier molecular flexibility index (Phi) is 17.8. The van der Waals surface area contributed by atoms with Gasteiger partial charge in [0.2, 0.25) is 11.5 Å². The van der Waals surface area contributed by atoms with Crippen LogP contribution in [0.4, 0.5) is 21.0 Å². The third-order valence-electron chi connectivity index (χ3n) is 13.5. The van der Waals surface area contributed by atoms with E-state index in [1.165, 1.54) is 6.07 Å². The Morgan fingerprint density at radius 3 is 2.26 bits per heavy atom. The van der Waals surface area contributed by atoms with E-state index >= 15 is 0 Å². The lowest BCUT2D eigenvalue weighted by molar-refractivity contribution is -0.116. The molecule has 7 rings (SSSR count). The Bertz CT molecular complexity index is 2880. The lowest BCUT2D eigenvalue weighted by Crippen LogP contribution is -2.43. The van der Waals surface area contributed by atoms with E-state index < -0.39 is 26.6 Å². The topological polar surface area (TPSA) is 189 Å². The minimum Gasteiger partial charge on any atom is -0.506 e. The van der Waals surface area contributed by atoms with Crippen molar-refractivity contribution < 1.29 is 38.1 Å². The minimum absolute atomic E-state index is 0.0174. The van der Waals surface area contributed by atoms with Crippen LogP contribution in [0.2, 0.25) is 23.2 Å². The molecule has 6 aromatic rings. The standard InChI is InChI=1S/C56H66ClN5O9Si/c1-56(2,3)72(5,6)71-50(43-26-28-48(63)53-44(43)27-29-52(65)62-53)34-58-33-39-31-45(57)47(32-49(39)68-4)60-51(64)19-13-16-36-20-25-42(38-17-11-8-12-18-38)46(30-36)61-55(67)70-41-23-21-40(22-24-41)59-54(66)69-35-37-14-9-7-10-15-37/h7-12,14-15,17-18,20,25-32,40-41,50,58,63H,13,16,19,21-24,33-35H2,1-6H3,(H,59,66)(H,60,64)(H,61,67)(H,62,65)/t40?,41?,50-/m0/s1. The molecule has 1 atom stereocenters. The number of aryl methyl sites for hydroxylation is 1. The van der Waals surface area contributed by atoms with Crippen molar-refractivity contribution >= 4 is 60.3 Å². The van der Waals surface area contributed by atoms with Crippen molar-refractivity contribution in [2.75, 3.05) is 24.3 Å². The molecule has 0 saturated heterocycles. The number of amides is 3. The van der Waals surface area contributed by atoms with Crippen molar-refractivity contribution in [1.82, 2.24) is 15.6 Å². The maximum Gasteiger partial charge on any atom is 0.411 e. The molecule has 380 valence electrons. The number of aromatic hydroxyl groups is 1. The van der Waals surface area contributed by atoms with Gasteiger partial charge in [-0.05, 0) is 103 Å². The molecule has 1 aliphatic carbocycles. The highest BCUT2D eigenvalue weighted by atomic mass is 35.5. The number of ether oxygens (including phenoxy) is 3. The third-order valence-corrected chi connectivity index (χ3v) is 18.3. The van der Waals surface area contributed by atoms with Crippen molar-refractivity contribution in [3.8, 4) is 22.6 Å². The Morgan fingerprint density at radius 1 is 0.833 bits per heavy atom. The molecule has 0 radical (unpaired) electrons. The van der Waals surface area contributed by atoms with Gasteiger partial charge in [-0.1, -0.05) is 111 Å². The number of H-pyrrole nitrogens is 1. The van der Waals surface area contributed by atoms with Crippen LogP contribution in [0.25, 0.3) is 22.0 Å². The van der Waals surface area contributed by atoms with E-state index in [4.69, 9.17) is 30.2 Å². The number of methoxy groups -OCH3 is 1. The van der Waals surface area contributed by atoms with E-state index in [2.05, 4.69) is 60.1 Å². The second-order valence-corrected chi connectivity index (χ2v) is 24.9. The smallest absolute Gasteiger partial charge is 0.411 e. The first-order valence-electron chi connectivity index (χ1n) is 24.5. The van der Waals surface area contributed by atoms with Gasteiger partial charge in [0, 0.05) is 54.2 Å². The summed E-state index contributed by atoms with van der Waals surface area (Å²) in [6, 6.07) is 35.2. The zero-order valence-corrected chi connectivity index (χ0v) is 43.6. The second kappa shape index (κ2) is 24.2. The van der Waals surface area contributed by atoms with Gasteiger partial charge < -0.3 is 44.7 Å². The van der Waals surface area contributed by atoms with Crippen molar-refractivity contribution in [2.24, 2.45) is 0 Å². The number of aromatic nitrogens is 1. The monoisotopic (exact) mass is 1020 g/mol. The fourth-order valence-corrected chi connectivity index (χ4v) is 10.1. The number of phenolic OH excluding ortho intramolecular Hbond substituents is 1. The number of alkyl carbamates (subject to hydrolysis) is 1. The molecule has 14 nitrogen and oxygen atoms in total. The molecule has 1 aliphatic rings. The Balaban J connectivity index is 0.928. The van der Waals surface area contributed by atoms with E-state index in [1.807, 2.05) is 84.9 Å². The number of carbonyl (C=O) groups excluding carboxylic acids is 3. The molecule has 72 heavy (non-hydrogen) atoms. The highest BCUT2D eigenvalue weighted by molar-refractivity contribution is 6.74. The first-order valence-corrected chi connectivity index (χ1v) is 27.8. The van der Waals surface area contributed by atoms with Crippen molar-refractivity contribution in [2.45, 2.75) is 115 Å². The summed E-state index contributed by atoms with van der Waals surface area (Å²) in [7, 11) is -0.741. The number of pyridine rings is 1. The van der Waals surface area contributed by atoms with Gasteiger partial charge in [0.1, 0.15) is 24.2 Å². The number of carbonyl (C=O) groups is 3. The first-order chi connectivity index (χ1) is 34.5. The molecule has 5 aromatic carbocycles. The number of benzene rings is 5. The van der Waals surface area contributed by atoms with Crippen molar-refractivity contribution in [3.63, 3.8) is 0 Å². The summed E-state index contributed by atoms with van der Waals surface area (Å²) in [6.45, 7) is 11.9. The molecule has 0 spiro atoms. The molecule has 0 unspecified atom stereocenters. The number of hydrogen-bond acceptors (Lipinski definition) is 10. The van der Waals surface area contributed by atoms with Crippen LogP contribution < -0.4 is 31.6 Å². The third kappa shape index (κ3) is 14.3. The maximum atomic E-state index is 13.4. The molecular weight excluding hydrogens is 950 g/mol. The van der Waals surface area contributed by atoms with E-state index in [9.17, 15) is 24.3 Å². The van der Waals surface area contributed by atoms with Crippen LogP contribution in [0, 0.1) is 0 Å². The largest absolute Gasteiger partial charge is 0.506 e. The summed E-state index contributed by atoms with van der Waals surface area (Å²) in [5.41, 5.74) is 6.30. The fraction of sp³-hybridized carbons (Fsp3) is 0.357. The Morgan fingerprint density at radius 2 is 1.56 bits per heavy atom. The minimum atomic E-state index is -2.31. The quantitative estimate of drug-likeness (QED) is 0.0426. The van der Waals surface area contributed by atoms with Crippen LogP contribution in [0.15, 0.2) is 120 Å². The summed E-state index contributed by atoms with van der Waals surface area (Å²) >= 11 is 6.80. The number of hydrogen-bond donors (Lipinski definition) is 6. The van der Waals surface area contributed by atoms with Gasteiger partial charge in [-0.25, -0.2) is 9.59 Å². The van der Waals surface area contributed by atoms with Gasteiger partial charge >= 0.3 is 12.2 Å². The summed E-state index contributed by atoms with van der Waals surface area (Å²) in [4.78, 5) is 54.1. The van der Waals surface area contributed by atoms with Crippen molar-refractivity contribution in [3.05, 3.63) is 153 Å². The van der Waals surface area contributed by atoms with Crippen LogP contribution in [0.3, 0.4) is 0 Å². The van der Waals surface area contributed by atoms with Gasteiger partial charge in [-0.3, -0.25) is 14.9 Å². The molecule has 1 heterocycles. The van der Waals surface area contributed by atoms with E-state index in [-0.39, 0.29) is 47.4 Å². The molecule has 1 saturated carbocycles. The van der Waals surface area contributed by atoms with Crippen LogP contribution in [0.1, 0.15) is 87.7 Å². The fourth-order valence-electron chi connectivity index (χ4n) is 8.58. The molecule has 3 amide bonds. The predicted molar refractivity (Wildman–Crippen MR) is 286 cm³/mol. The Hall–Kier alpha value is -6.65. The summed E-state index contributed by atoms with van der Waals surface area (Å²) in [5.74, 6) is 0.307. The molecule has 0 bridgehead atoms. The summed E-state index contributed by atoms with van der Waals surface area (Å²) in [5, 5.41) is 24.0. The summed E-state index contributed by atoms with van der Waals surface area (Å²) < 4.78 is 24.0. The van der Waals surface area contributed by atoms with Crippen molar-refractivity contribution in [1.29, 1.82) is 0 Å². The summed E-state index contributed by atoms with van der Waals surface area (Å²) in [6.07, 6.45) is 2.08. The van der Waals surface area contributed by atoms with Crippen LogP contribution in [-0.2, 0) is 38.3 Å². The number of aromatic amines is 1. The molecule has 6 N–H and O–H groups in total. The highest BCUT2D eigenvalue weighted by Gasteiger charge is 2.40. The zero-order valence-electron chi connectivity index (χ0n) is 41.9. The van der Waals surface area contributed by atoms with E-state index in [0.29, 0.717) is 84.7 Å². The second-order valence-electron chi connectivity index (χ2n) is 19.8. The van der Waals surface area contributed by atoms with Crippen LogP contribution in [0.5, 0.6) is 11.5 Å². The lowest BCUT2D eigenvalue weighted by Gasteiger charge is -2.39. The number of halogens is 1. The van der Waals surface area contributed by atoms with Crippen LogP contribution in [-0.4, -0.2) is 62.3 Å². The van der Waals surface area contributed by atoms with Gasteiger partial charge in [0.15, 0.2) is 8.32 Å². The lowest BCUT2D eigenvalue weighted by atomic mass is 9.93. The number of anilines is 2. The number of nitrogens with one attached hydrogen (secondary N) is 5. The normalized spacial score (nSPS) is 15.3. The number of rotatable bonds is 19. The SMILES string of the molecule is COc1cc(NC(=O)CCCc2ccc(-c3ccccc3)c(NC(=O)OC3CCC(NC(=O)OCc4ccccc4)CC3)c2)c(Cl)cc1CNC[C@H](O[Si](C)(C)C(C)(C)C)c1ccc(O)c2[nH]c(=O)ccc12. The first kappa shape index (κ1) is 53.2. The predicted octanol–water partition coefficient (Wildman–Crippen LogP) is 12.2.